The molecule has 9 heteroatoms. The predicted molar refractivity (Wildman–Crippen MR) is 149 cm³/mol. The molecular formula is C26H20Cl2N2O3S2. The molecule has 5 nitrogen and oxygen atoms in total. The summed E-state index contributed by atoms with van der Waals surface area (Å²) in [6.07, 6.45) is 1.76. The monoisotopic (exact) mass is 542 g/mol. The van der Waals surface area contributed by atoms with E-state index in [1.54, 1.807) is 36.4 Å². The van der Waals surface area contributed by atoms with Crippen LogP contribution in [0.4, 0.5) is 11.4 Å². The number of amides is 2. The summed E-state index contributed by atoms with van der Waals surface area (Å²) >= 11 is 18.7. The van der Waals surface area contributed by atoms with Crippen LogP contribution in [0.3, 0.4) is 0 Å². The van der Waals surface area contributed by atoms with E-state index < -0.39 is 0 Å². The van der Waals surface area contributed by atoms with Crippen LogP contribution in [-0.4, -0.2) is 22.7 Å². The van der Waals surface area contributed by atoms with Gasteiger partial charge in [-0.15, -0.1) is 0 Å². The standard InChI is InChI=1S/C26H20Cl2N2O3S2/c1-15-3-10-22(16(2)11-15)29-24(31)14-33-19-7-4-17(5-8-19)12-23-25(32)30(26(34)35-23)18-6-9-20(27)21(28)13-18/h3-13H,14H2,1-2H3,(H,29,31)/b23-12-. The minimum Gasteiger partial charge on any atom is -0.484 e. The van der Waals surface area contributed by atoms with E-state index in [1.807, 2.05) is 44.2 Å². The van der Waals surface area contributed by atoms with Crippen LogP contribution < -0.4 is 15.0 Å². The number of hydrogen-bond donors (Lipinski definition) is 1. The molecule has 1 aliphatic heterocycles. The average Bonchev–Trinajstić information content (AvgIpc) is 3.10. The third kappa shape index (κ3) is 6.05. The number of rotatable bonds is 6. The van der Waals surface area contributed by atoms with Crippen molar-refractivity contribution in [3.63, 3.8) is 0 Å². The lowest BCUT2D eigenvalue weighted by Gasteiger charge is -2.15. The number of carbonyl (C=O) groups excluding carboxylic acids is 2. The minimum atomic E-state index is -0.244. The molecule has 1 fully saturated rings. The zero-order valence-electron chi connectivity index (χ0n) is 18.8. The van der Waals surface area contributed by atoms with E-state index in [9.17, 15) is 9.59 Å². The molecule has 1 heterocycles. The smallest absolute Gasteiger partial charge is 0.270 e. The number of anilines is 2. The van der Waals surface area contributed by atoms with Crippen molar-refractivity contribution in [3.05, 3.63) is 92.3 Å². The Hall–Kier alpha value is -2.84. The Kier molecular flexibility index (Phi) is 7.82. The van der Waals surface area contributed by atoms with Gasteiger partial charge in [-0.2, -0.15) is 0 Å². The molecule has 4 rings (SSSR count). The first-order valence-electron chi connectivity index (χ1n) is 10.5. The Morgan fingerprint density at radius 1 is 1.06 bits per heavy atom. The summed E-state index contributed by atoms with van der Waals surface area (Å²) in [7, 11) is 0. The van der Waals surface area contributed by atoms with Crippen LogP contribution >= 0.6 is 47.2 Å². The van der Waals surface area contributed by atoms with Gasteiger partial charge in [0.2, 0.25) is 0 Å². The number of ether oxygens (including phenoxy) is 1. The second-order valence-corrected chi connectivity index (χ2v) is 10.3. The van der Waals surface area contributed by atoms with Crippen LogP contribution in [0.25, 0.3) is 6.08 Å². The lowest BCUT2D eigenvalue weighted by molar-refractivity contribution is -0.118. The van der Waals surface area contributed by atoms with Crippen molar-refractivity contribution in [3.8, 4) is 5.75 Å². The van der Waals surface area contributed by atoms with E-state index in [0.29, 0.717) is 30.7 Å². The highest BCUT2D eigenvalue weighted by molar-refractivity contribution is 8.27. The Labute approximate surface area is 223 Å². The van der Waals surface area contributed by atoms with Crippen LogP contribution in [0.15, 0.2) is 65.6 Å². The van der Waals surface area contributed by atoms with E-state index in [-0.39, 0.29) is 18.4 Å². The summed E-state index contributed by atoms with van der Waals surface area (Å²) in [4.78, 5) is 27.1. The first-order valence-corrected chi connectivity index (χ1v) is 12.5. The summed E-state index contributed by atoms with van der Waals surface area (Å²) in [5.41, 5.74) is 4.25. The summed E-state index contributed by atoms with van der Waals surface area (Å²) < 4.78 is 6.02. The van der Waals surface area contributed by atoms with Gasteiger partial charge in [-0.3, -0.25) is 14.5 Å². The van der Waals surface area contributed by atoms with Gasteiger partial charge in [-0.25, -0.2) is 0 Å². The van der Waals surface area contributed by atoms with Crippen LogP contribution in [0.2, 0.25) is 10.0 Å². The Morgan fingerprint density at radius 3 is 2.49 bits per heavy atom. The largest absolute Gasteiger partial charge is 0.484 e. The van der Waals surface area contributed by atoms with Crippen LogP contribution in [-0.2, 0) is 9.59 Å². The van der Waals surface area contributed by atoms with E-state index >= 15 is 0 Å². The SMILES string of the molecule is Cc1ccc(NC(=O)COc2ccc(/C=C3\SC(=S)N(c4ccc(Cl)c(Cl)c4)C3=O)cc2)c(C)c1. The normalized spacial score (nSPS) is 14.5. The minimum absolute atomic E-state index is 0.116. The zero-order valence-corrected chi connectivity index (χ0v) is 21.9. The van der Waals surface area contributed by atoms with Crippen molar-refractivity contribution in [1.29, 1.82) is 0 Å². The molecule has 1 aliphatic rings. The summed E-state index contributed by atoms with van der Waals surface area (Å²) in [6, 6.07) is 17.9. The maximum atomic E-state index is 13.0. The highest BCUT2D eigenvalue weighted by atomic mass is 35.5. The van der Waals surface area contributed by atoms with E-state index in [0.717, 1.165) is 22.4 Å². The Morgan fingerprint density at radius 2 is 1.80 bits per heavy atom. The fourth-order valence-corrected chi connectivity index (χ4v) is 5.01. The Bertz CT molecular complexity index is 1360. The van der Waals surface area contributed by atoms with Gasteiger partial charge in [0, 0.05) is 5.69 Å². The predicted octanol–water partition coefficient (Wildman–Crippen LogP) is 7.03. The topological polar surface area (TPSA) is 58.6 Å². The van der Waals surface area contributed by atoms with Gasteiger partial charge >= 0.3 is 0 Å². The average molecular weight is 543 g/mol. The molecule has 178 valence electrons. The van der Waals surface area contributed by atoms with Gasteiger partial charge < -0.3 is 10.1 Å². The second kappa shape index (κ2) is 10.8. The molecule has 0 radical (unpaired) electrons. The van der Waals surface area contributed by atoms with Crippen molar-refractivity contribution in [1.82, 2.24) is 0 Å². The van der Waals surface area contributed by atoms with Crippen molar-refractivity contribution in [2.45, 2.75) is 13.8 Å². The van der Waals surface area contributed by atoms with Crippen molar-refractivity contribution < 1.29 is 14.3 Å². The van der Waals surface area contributed by atoms with Crippen LogP contribution in [0.1, 0.15) is 16.7 Å². The highest BCUT2D eigenvalue weighted by Gasteiger charge is 2.33. The van der Waals surface area contributed by atoms with Crippen molar-refractivity contribution in [2.75, 3.05) is 16.8 Å². The molecule has 0 aromatic heterocycles. The molecule has 1 saturated heterocycles. The first-order chi connectivity index (χ1) is 16.7. The second-order valence-electron chi connectivity index (χ2n) is 7.84. The highest BCUT2D eigenvalue weighted by Crippen LogP contribution is 2.38. The number of nitrogens with zero attached hydrogens (tertiary/aromatic N) is 1. The molecule has 3 aromatic rings. The first kappa shape index (κ1) is 25.3. The summed E-state index contributed by atoms with van der Waals surface area (Å²) in [5.74, 6) is 0.0649. The van der Waals surface area contributed by atoms with Crippen LogP contribution in [0, 0.1) is 13.8 Å². The number of thiocarbonyl (C=S) groups is 1. The van der Waals surface area contributed by atoms with Crippen LogP contribution in [0.5, 0.6) is 5.75 Å². The molecule has 35 heavy (non-hydrogen) atoms. The molecule has 0 aliphatic carbocycles. The third-order valence-electron chi connectivity index (χ3n) is 5.16. The number of hydrogen-bond acceptors (Lipinski definition) is 5. The summed E-state index contributed by atoms with van der Waals surface area (Å²) in [6.45, 7) is 3.83. The number of benzene rings is 3. The van der Waals surface area contributed by atoms with Crippen molar-refractivity contribution in [2.24, 2.45) is 0 Å². The van der Waals surface area contributed by atoms with E-state index in [4.69, 9.17) is 40.2 Å². The van der Waals surface area contributed by atoms with Gasteiger partial charge in [0.15, 0.2) is 10.9 Å². The van der Waals surface area contributed by atoms with Gasteiger partial charge in [0.05, 0.1) is 20.6 Å². The molecule has 2 amide bonds. The van der Waals surface area contributed by atoms with Gasteiger partial charge in [-0.1, -0.05) is 77.0 Å². The molecule has 0 saturated carbocycles. The number of nitrogens with one attached hydrogen (secondary N) is 1. The summed E-state index contributed by atoms with van der Waals surface area (Å²) in [5, 5.41) is 3.61. The van der Waals surface area contributed by atoms with Crippen molar-refractivity contribution >= 4 is 80.8 Å². The molecule has 0 atom stereocenters. The Balaban J connectivity index is 1.38. The maximum absolute atomic E-state index is 13.0. The molecule has 3 aromatic carbocycles. The number of carbonyl (C=O) groups is 2. The molecular weight excluding hydrogens is 523 g/mol. The zero-order chi connectivity index (χ0) is 25.1. The fraction of sp³-hybridized carbons (Fsp3) is 0.115. The molecule has 0 spiro atoms. The number of halogens is 2. The number of thioether (sulfide) groups is 1. The molecule has 0 unspecified atom stereocenters. The maximum Gasteiger partial charge on any atom is 0.270 e. The third-order valence-corrected chi connectivity index (χ3v) is 7.20. The lowest BCUT2D eigenvalue weighted by Crippen LogP contribution is -2.27. The van der Waals surface area contributed by atoms with E-state index in [2.05, 4.69) is 5.32 Å². The van der Waals surface area contributed by atoms with Gasteiger partial charge in [0.1, 0.15) is 5.75 Å². The lowest BCUT2D eigenvalue weighted by atomic mass is 10.1. The van der Waals surface area contributed by atoms with E-state index in [1.165, 1.54) is 16.7 Å². The quantitative estimate of drug-likeness (QED) is 0.267. The molecule has 0 bridgehead atoms. The fourth-order valence-electron chi connectivity index (χ4n) is 3.42. The van der Waals surface area contributed by atoms with Gasteiger partial charge in [-0.05, 0) is 67.4 Å². The molecule has 1 N–H and O–H groups in total. The van der Waals surface area contributed by atoms with Gasteiger partial charge in [0.25, 0.3) is 11.8 Å². The number of aryl methyl sites for hydroxylation is 2.